The third kappa shape index (κ3) is 1110. The van der Waals surface area contributed by atoms with E-state index in [1.165, 1.54) is 0 Å². The first kappa shape index (κ1) is 17.0. The summed E-state index contributed by atoms with van der Waals surface area (Å²) in [6.45, 7) is 5.75. The van der Waals surface area contributed by atoms with Crippen LogP contribution in [0.2, 0.25) is 0 Å². The Morgan fingerprint density at radius 1 is 1.50 bits per heavy atom. The van der Waals surface area contributed by atoms with Gasteiger partial charge in [0, 0.05) is 19.5 Å². The molecule has 32 valence electrons. The van der Waals surface area contributed by atoms with E-state index in [0.29, 0.717) is 0 Å². The van der Waals surface area contributed by atoms with Crippen molar-refractivity contribution in [1.29, 1.82) is 0 Å². The van der Waals surface area contributed by atoms with E-state index < -0.39 is 0 Å². The molecule has 0 saturated heterocycles. The van der Waals surface area contributed by atoms with Gasteiger partial charge in [-0.2, -0.15) is 0 Å². The van der Waals surface area contributed by atoms with E-state index in [2.05, 4.69) is 13.2 Å². The Morgan fingerprint density at radius 2 is 1.50 bits per heavy atom. The van der Waals surface area contributed by atoms with Crippen LogP contribution in [-0.2, 0) is 24.3 Å². The number of hydrogen-bond acceptors (Lipinski definition) is 1. The third-order valence-electron chi connectivity index (χ3n) is 0. The quantitative estimate of drug-likeness (QED) is 0.301. The molecule has 0 amide bonds. The van der Waals surface area contributed by atoms with Gasteiger partial charge in [-0.15, -0.1) is 13.2 Å². The van der Waals surface area contributed by atoms with Gasteiger partial charge in [0.25, 0.3) is 6.47 Å². The van der Waals surface area contributed by atoms with E-state index in [4.69, 9.17) is 9.90 Å². The number of carboxylic acid groups (broad SMARTS) is 1. The molecule has 0 unspecified atom stereocenters. The summed E-state index contributed by atoms with van der Waals surface area (Å²) in [5.74, 6) is 0. The standard InChI is InChI=1S/C2H4.CH2O2.Zn/c1-2;2-1-3;/h1-2H2;1H,(H,2,3);. The van der Waals surface area contributed by atoms with Crippen molar-refractivity contribution < 1.29 is 29.4 Å². The number of rotatable bonds is 0. The minimum Gasteiger partial charge on any atom is -0.483 e. The van der Waals surface area contributed by atoms with Crippen LogP contribution in [0.1, 0.15) is 0 Å². The fourth-order valence-corrected chi connectivity index (χ4v) is 0. The number of carbonyl (C=O) groups is 1. The Balaban J connectivity index is -0.0000000275. The first-order valence-electron chi connectivity index (χ1n) is 0.994. The average molecular weight is 139 g/mol. The summed E-state index contributed by atoms with van der Waals surface area (Å²) in [4.78, 5) is 8.36. The molecule has 0 aliphatic heterocycles. The molecule has 1 N–H and O–H groups in total. The van der Waals surface area contributed by atoms with E-state index >= 15 is 0 Å². The zero-order valence-corrected chi connectivity index (χ0v) is 6.52. The summed E-state index contributed by atoms with van der Waals surface area (Å²) >= 11 is 0. The maximum atomic E-state index is 8.36. The molecule has 0 bridgehead atoms. The minimum absolute atomic E-state index is 0. The van der Waals surface area contributed by atoms with Crippen LogP contribution in [0.25, 0.3) is 0 Å². The SMILES string of the molecule is C=C.O=CO.[Zn]. The van der Waals surface area contributed by atoms with Crippen molar-refractivity contribution in [3.8, 4) is 0 Å². The van der Waals surface area contributed by atoms with Gasteiger partial charge >= 0.3 is 0 Å². The molecule has 0 saturated carbocycles. The predicted molar refractivity (Wildman–Crippen MR) is 19.9 cm³/mol. The van der Waals surface area contributed by atoms with Gasteiger partial charge in [-0.1, -0.05) is 0 Å². The van der Waals surface area contributed by atoms with Crippen molar-refractivity contribution in [3.63, 3.8) is 0 Å². The molecule has 0 spiro atoms. The second kappa shape index (κ2) is 102. The Hall–Kier alpha value is -0.167. The van der Waals surface area contributed by atoms with Crippen LogP contribution < -0.4 is 0 Å². The van der Waals surface area contributed by atoms with Crippen LogP contribution in [0.3, 0.4) is 0 Å². The normalized spacial score (nSPS) is 2.67. The van der Waals surface area contributed by atoms with Crippen molar-refractivity contribution in [3.05, 3.63) is 13.2 Å². The van der Waals surface area contributed by atoms with Gasteiger partial charge in [0.15, 0.2) is 0 Å². The summed E-state index contributed by atoms with van der Waals surface area (Å²) in [6.07, 6.45) is 0. The molecular weight excluding hydrogens is 133 g/mol. The first-order chi connectivity index (χ1) is 2.41. The number of hydrogen-bond donors (Lipinski definition) is 1. The fourth-order valence-electron chi connectivity index (χ4n) is 0. The van der Waals surface area contributed by atoms with Gasteiger partial charge in [-0.3, -0.25) is 4.79 Å². The molecule has 0 fully saturated rings. The third-order valence-corrected chi connectivity index (χ3v) is 0. The molecule has 6 heavy (non-hydrogen) atoms. The monoisotopic (exact) mass is 138 g/mol. The molecular formula is C3H6O2Zn. The van der Waals surface area contributed by atoms with E-state index in [1.807, 2.05) is 0 Å². The van der Waals surface area contributed by atoms with Gasteiger partial charge in [0.1, 0.15) is 0 Å². The molecule has 0 aliphatic rings. The minimum atomic E-state index is -0.250. The van der Waals surface area contributed by atoms with Gasteiger partial charge in [-0.25, -0.2) is 0 Å². The maximum absolute atomic E-state index is 8.36. The molecule has 0 rings (SSSR count). The largest absolute Gasteiger partial charge is 0.483 e. The van der Waals surface area contributed by atoms with Crippen LogP contribution in [0.5, 0.6) is 0 Å². The Labute approximate surface area is 49.6 Å². The zero-order valence-electron chi connectivity index (χ0n) is 3.55. The summed E-state index contributed by atoms with van der Waals surface area (Å²) < 4.78 is 0. The summed E-state index contributed by atoms with van der Waals surface area (Å²) in [5, 5.41) is 6.89. The molecule has 0 aromatic rings. The van der Waals surface area contributed by atoms with Crippen molar-refractivity contribution in [2.24, 2.45) is 0 Å². The predicted octanol–water partition coefficient (Wildman–Crippen LogP) is 0.500. The first-order valence-corrected chi connectivity index (χ1v) is 0.994. The van der Waals surface area contributed by atoms with Gasteiger partial charge in [0.05, 0.1) is 0 Å². The maximum Gasteiger partial charge on any atom is 0.290 e. The van der Waals surface area contributed by atoms with Gasteiger partial charge < -0.3 is 5.11 Å². The molecule has 2 nitrogen and oxygen atoms in total. The van der Waals surface area contributed by atoms with Gasteiger partial charge in [-0.05, 0) is 0 Å². The molecule has 0 aromatic carbocycles. The molecule has 0 radical (unpaired) electrons. The molecule has 0 heterocycles. The fraction of sp³-hybridized carbons (Fsp3) is 0. The van der Waals surface area contributed by atoms with E-state index in [-0.39, 0.29) is 26.0 Å². The Morgan fingerprint density at radius 3 is 1.50 bits per heavy atom. The molecule has 0 atom stereocenters. The Kier molecular flexibility index (Phi) is 289. The molecule has 0 aromatic heterocycles. The van der Waals surface area contributed by atoms with E-state index in [1.54, 1.807) is 0 Å². The molecule has 3 heteroatoms. The van der Waals surface area contributed by atoms with Crippen LogP contribution >= 0.6 is 0 Å². The zero-order chi connectivity index (χ0) is 4.71. The smallest absolute Gasteiger partial charge is 0.290 e. The summed E-state index contributed by atoms with van der Waals surface area (Å²) in [7, 11) is 0. The topological polar surface area (TPSA) is 37.3 Å². The Bertz CT molecular complexity index is 22.8. The van der Waals surface area contributed by atoms with Crippen molar-refractivity contribution in [1.82, 2.24) is 0 Å². The van der Waals surface area contributed by atoms with Crippen LogP contribution in [0.15, 0.2) is 13.2 Å². The van der Waals surface area contributed by atoms with Crippen molar-refractivity contribution in [2.45, 2.75) is 0 Å². The van der Waals surface area contributed by atoms with Crippen LogP contribution in [-0.4, -0.2) is 11.6 Å². The van der Waals surface area contributed by atoms with Crippen LogP contribution in [0, 0.1) is 0 Å². The molecule has 0 aliphatic carbocycles. The second-order valence-corrected chi connectivity index (χ2v) is 0.105. The van der Waals surface area contributed by atoms with Crippen molar-refractivity contribution >= 4 is 6.47 Å². The average Bonchev–Trinajstić information content (AvgIpc) is 1.46. The summed E-state index contributed by atoms with van der Waals surface area (Å²) in [6, 6.07) is 0. The summed E-state index contributed by atoms with van der Waals surface area (Å²) in [5.41, 5.74) is 0. The van der Waals surface area contributed by atoms with E-state index in [0.717, 1.165) is 0 Å². The second-order valence-electron chi connectivity index (χ2n) is 0.105. The van der Waals surface area contributed by atoms with Crippen molar-refractivity contribution in [2.75, 3.05) is 0 Å². The van der Waals surface area contributed by atoms with E-state index in [9.17, 15) is 0 Å². The van der Waals surface area contributed by atoms with Crippen LogP contribution in [0.4, 0.5) is 0 Å². The van der Waals surface area contributed by atoms with Gasteiger partial charge in [0.2, 0.25) is 0 Å².